The predicted molar refractivity (Wildman–Crippen MR) is 153 cm³/mol. The Kier molecular flexibility index (Phi) is 17.2. The van der Waals surface area contributed by atoms with Crippen LogP contribution < -0.4 is 9.47 Å². The van der Waals surface area contributed by atoms with Gasteiger partial charge in [0.2, 0.25) is 6.29 Å². The van der Waals surface area contributed by atoms with E-state index >= 15 is 0 Å². The molecule has 0 bridgehead atoms. The van der Waals surface area contributed by atoms with Gasteiger partial charge in [-0.25, -0.2) is 9.59 Å². The summed E-state index contributed by atoms with van der Waals surface area (Å²) >= 11 is 0. The molecule has 0 aliphatic carbocycles. The van der Waals surface area contributed by atoms with Gasteiger partial charge in [-0.2, -0.15) is 0 Å². The second-order valence-corrected chi connectivity index (χ2v) is 9.85. The maximum Gasteiger partial charge on any atom is 0.373 e. The number of benzene rings is 2. The molecule has 0 fully saturated rings. The Morgan fingerprint density at radius 1 is 0.550 bits per heavy atom. The summed E-state index contributed by atoms with van der Waals surface area (Å²) in [7, 11) is 3.09. The zero-order chi connectivity index (χ0) is 28.8. The van der Waals surface area contributed by atoms with Crippen molar-refractivity contribution < 1.29 is 38.6 Å². The fourth-order valence-corrected chi connectivity index (χ4v) is 4.19. The topological polar surface area (TPSA) is 89.5 Å². The molecule has 0 radical (unpaired) electrons. The molecule has 0 heterocycles. The molecule has 2 aromatic rings. The normalized spacial score (nSPS) is 10.9. The third-order valence-electron chi connectivity index (χ3n) is 6.66. The minimum atomic E-state index is -1.06. The molecule has 0 amide bonds. The first-order chi connectivity index (χ1) is 19.6. The summed E-state index contributed by atoms with van der Waals surface area (Å²) in [6, 6.07) is 12.9. The quantitative estimate of drug-likeness (QED) is 0.0616. The number of methoxy groups -OCH3 is 2. The van der Waals surface area contributed by atoms with Crippen molar-refractivity contribution in [1.82, 2.24) is 0 Å². The molecule has 0 aromatic heterocycles. The SMILES string of the molecule is CCCCCCCCCCCCCCCC(OOC(=O)c1ccc(OC)cc1)OOC(=O)c1ccc(OC)cc1. The first-order valence-corrected chi connectivity index (χ1v) is 14.6. The Morgan fingerprint density at radius 3 is 1.25 bits per heavy atom. The molecular formula is C32H46O8. The van der Waals surface area contributed by atoms with Crippen molar-refractivity contribution in [2.75, 3.05) is 14.2 Å². The molecule has 0 atom stereocenters. The van der Waals surface area contributed by atoms with E-state index in [1.807, 2.05) is 0 Å². The van der Waals surface area contributed by atoms with Gasteiger partial charge in [0.15, 0.2) is 0 Å². The minimum Gasteiger partial charge on any atom is -0.497 e. The van der Waals surface area contributed by atoms with Gasteiger partial charge in [-0.3, -0.25) is 9.78 Å². The molecule has 0 unspecified atom stereocenters. The van der Waals surface area contributed by atoms with Gasteiger partial charge < -0.3 is 9.47 Å². The Balaban J connectivity index is 1.73. The molecular weight excluding hydrogens is 512 g/mol. The highest BCUT2D eigenvalue weighted by molar-refractivity contribution is 5.89. The Labute approximate surface area is 239 Å². The van der Waals surface area contributed by atoms with E-state index in [1.165, 1.54) is 64.2 Å². The number of unbranched alkanes of at least 4 members (excludes halogenated alkanes) is 12. The van der Waals surface area contributed by atoms with Gasteiger partial charge in [0.25, 0.3) is 0 Å². The first-order valence-electron chi connectivity index (χ1n) is 14.6. The minimum absolute atomic E-state index is 0.288. The average molecular weight is 559 g/mol. The summed E-state index contributed by atoms with van der Waals surface area (Å²) in [4.78, 5) is 45.2. The Bertz CT molecular complexity index is 879. The maximum absolute atomic E-state index is 12.4. The van der Waals surface area contributed by atoms with E-state index in [1.54, 1.807) is 62.8 Å². The van der Waals surface area contributed by atoms with Gasteiger partial charge in [-0.15, -0.1) is 9.78 Å². The first kappa shape index (κ1) is 33.1. The Hall–Kier alpha value is -3.10. The summed E-state index contributed by atoms with van der Waals surface area (Å²) in [6.45, 7) is 2.25. The third-order valence-corrected chi connectivity index (χ3v) is 6.66. The van der Waals surface area contributed by atoms with Crippen LogP contribution in [0, 0.1) is 0 Å². The summed E-state index contributed by atoms with van der Waals surface area (Å²) in [6.07, 6.45) is 15.3. The van der Waals surface area contributed by atoms with Gasteiger partial charge in [0.1, 0.15) is 11.5 Å². The van der Waals surface area contributed by atoms with E-state index in [-0.39, 0.29) is 11.1 Å². The van der Waals surface area contributed by atoms with Gasteiger partial charge >= 0.3 is 11.9 Å². The molecule has 0 aliphatic rings. The summed E-state index contributed by atoms with van der Waals surface area (Å²) in [5.41, 5.74) is 0.575. The van der Waals surface area contributed by atoms with Crippen LogP contribution in [0.25, 0.3) is 0 Å². The summed E-state index contributed by atoms with van der Waals surface area (Å²) < 4.78 is 10.2. The highest BCUT2D eigenvalue weighted by Gasteiger charge is 2.19. The van der Waals surface area contributed by atoms with Gasteiger partial charge in [0, 0.05) is 6.42 Å². The fourth-order valence-electron chi connectivity index (χ4n) is 4.19. The van der Waals surface area contributed by atoms with Gasteiger partial charge in [-0.1, -0.05) is 84.0 Å². The number of carbonyl (C=O) groups is 2. The third kappa shape index (κ3) is 13.8. The van der Waals surface area contributed by atoms with E-state index in [0.717, 1.165) is 19.3 Å². The lowest BCUT2D eigenvalue weighted by Gasteiger charge is -2.15. The zero-order valence-electron chi connectivity index (χ0n) is 24.4. The average Bonchev–Trinajstić information content (AvgIpc) is 3.00. The second-order valence-electron chi connectivity index (χ2n) is 9.85. The monoisotopic (exact) mass is 558 g/mol. The van der Waals surface area contributed by atoms with Crippen molar-refractivity contribution >= 4 is 11.9 Å². The molecule has 0 saturated carbocycles. The smallest absolute Gasteiger partial charge is 0.373 e. The van der Waals surface area contributed by atoms with Crippen LogP contribution in [0.15, 0.2) is 48.5 Å². The number of hydrogen-bond acceptors (Lipinski definition) is 8. The van der Waals surface area contributed by atoms with Crippen molar-refractivity contribution in [3.05, 3.63) is 59.7 Å². The number of carbonyl (C=O) groups excluding carboxylic acids is 2. The molecule has 0 saturated heterocycles. The molecule has 2 aromatic carbocycles. The van der Waals surface area contributed by atoms with E-state index in [2.05, 4.69) is 6.92 Å². The molecule has 222 valence electrons. The number of ether oxygens (including phenoxy) is 2. The predicted octanol–water partition coefficient (Wildman–Crippen LogP) is 8.39. The molecule has 2 rings (SSSR count). The standard InChI is InChI=1S/C32H46O8/c1-4-5-6-7-8-9-10-11-12-13-14-15-16-17-30(37-39-31(33)26-18-22-28(35-2)23-19-26)38-40-32(34)27-20-24-29(36-3)25-21-27/h18-25,30H,4-17H2,1-3H3. The van der Waals surface area contributed by atoms with Crippen molar-refractivity contribution in [3.8, 4) is 11.5 Å². The lowest BCUT2D eigenvalue weighted by Crippen LogP contribution is -2.22. The van der Waals surface area contributed by atoms with Gasteiger partial charge in [-0.05, 0) is 55.0 Å². The van der Waals surface area contributed by atoms with E-state index in [0.29, 0.717) is 17.9 Å². The van der Waals surface area contributed by atoms with Crippen molar-refractivity contribution in [1.29, 1.82) is 0 Å². The molecule has 40 heavy (non-hydrogen) atoms. The van der Waals surface area contributed by atoms with Gasteiger partial charge in [0.05, 0.1) is 25.3 Å². The van der Waals surface area contributed by atoms with E-state index in [4.69, 9.17) is 29.0 Å². The fraction of sp³-hybridized carbons (Fsp3) is 0.562. The summed E-state index contributed by atoms with van der Waals surface area (Å²) in [5, 5.41) is 0. The van der Waals surface area contributed by atoms with E-state index < -0.39 is 18.2 Å². The highest BCUT2D eigenvalue weighted by atomic mass is 17.3. The van der Waals surface area contributed by atoms with Crippen LogP contribution in [0.4, 0.5) is 0 Å². The Morgan fingerprint density at radius 2 is 0.900 bits per heavy atom. The number of rotatable bonds is 22. The van der Waals surface area contributed by atoms with E-state index in [9.17, 15) is 9.59 Å². The molecule has 0 N–H and O–H groups in total. The maximum atomic E-state index is 12.4. The lowest BCUT2D eigenvalue weighted by atomic mass is 10.0. The molecule has 0 spiro atoms. The van der Waals surface area contributed by atoms with Crippen LogP contribution in [0.1, 0.15) is 118 Å². The zero-order valence-corrected chi connectivity index (χ0v) is 24.4. The van der Waals surface area contributed by atoms with Crippen LogP contribution in [0.3, 0.4) is 0 Å². The lowest BCUT2D eigenvalue weighted by molar-refractivity contribution is -0.421. The van der Waals surface area contributed by atoms with Crippen LogP contribution in [0.5, 0.6) is 11.5 Å². The molecule has 0 aliphatic heterocycles. The highest BCUT2D eigenvalue weighted by Crippen LogP contribution is 2.18. The molecule has 8 nitrogen and oxygen atoms in total. The number of hydrogen-bond donors (Lipinski definition) is 0. The van der Waals surface area contributed by atoms with Crippen LogP contribution in [0.2, 0.25) is 0 Å². The van der Waals surface area contributed by atoms with Crippen molar-refractivity contribution in [2.24, 2.45) is 0 Å². The van der Waals surface area contributed by atoms with Crippen molar-refractivity contribution in [3.63, 3.8) is 0 Å². The van der Waals surface area contributed by atoms with Crippen LogP contribution in [-0.2, 0) is 19.6 Å². The van der Waals surface area contributed by atoms with Crippen molar-refractivity contribution in [2.45, 2.75) is 103 Å². The van der Waals surface area contributed by atoms with Crippen LogP contribution in [-0.4, -0.2) is 32.4 Å². The largest absolute Gasteiger partial charge is 0.497 e. The van der Waals surface area contributed by atoms with Crippen LogP contribution >= 0.6 is 0 Å². The second kappa shape index (κ2) is 20.8. The molecule has 8 heteroatoms. The summed E-state index contributed by atoms with van der Waals surface area (Å²) in [5.74, 6) is -0.149.